The summed E-state index contributed by atoms with van der Waals surface area (Å²) >= 11 is 0. The number of benzene rings is 1. The third-order valence-corrected chi connectivity index (χ3v) is 3.60. The first-order chi connectivity index (χ1) is 6.58. The average Bonchev–Trinajstić information content (AvgIpc) is 2.73. The molecule has 1 aliphatic carbocycles. The van der Waals surface area contributed by atoms with Crippen LogP contribution in [0.1, 0.15) is 25.3 Å². The molecule has 0 bridgehead atoms. The topological polar surface area (TPSA) is 37.3 Å². The Morgan fingerprint density at radius 2 is 1.93 bits per heavy atom. The van der Waals surface area contributed by atoms with Crippen molar-refractivity contribution in [1.82, 2.24) is 0 Å². The van der Waals surface area contributed by atoms with Crippen LogP contribution in [0.25, 0.3) is 0 Å². The summed E-state index contributed by atoms with van der Waals surface area (Å²) in [5, 5.41) is 9.11. The minimum Gasteiger partial charge on any atom is -0.481 e. The summed E-state index contributed by atoms with van der Waals surface area (Å²) in [6, 6.07) is 9.89. The molecule has 3 atom stereocenters. The zero-order chi connectivity index (χ0) is 10.3. The zero-order valence-corrected chi connectivity index (χ0v) is 8.40. The van der Waals surface area contributed by atoms with Crippen molar-refractivity contribution in [2.45, 2.75) is 19.8 Å². The minimum atomic E-state index is -0.682. The third-order valence-electron chi connectivity index (χ3n) is 3.60. The Kier molecular flexibility index (Phi) is 1.88. The van der Waals surface area contributed by atoms with Crippen LogP contribution in [0.5, 0.6) is 0 Å². The van der Waals surface area contributed by atoms with Gasteiger partial charge in [-0.15, -0.1) is 0 Å². The molecule has 2 heteroatoms. The predicted molar refractivity (Wildman–Crippen MR) is 54.1 cm³/mol. The largest absolute Gasteiger partial charge is 0.481 e. The lowest BCUT2D eigenvalue weighted by Crippen LogP contribution is -2.13. The van der Waals surface area contributed by atoms with Gasteiger partial charge in [0.2, 0.25) is 0 Å². The van der Waals surface area contributed by atoms with Gasteiger partial charge in [-0.25, -0.2) is 0 Å². The van der Waals surface area contributed by atoms with Gasteiger partial charge < -0.3 is 5.11 Å². The monoisotopic (exact) mass is 190 g/mol. The van der Waals surface area contributed by atoms with Gasteiger partial charge in [0.15, 0.2) is 0 Å². The molecular weight excluding hydrogens is 176 g/mol. The Bertz CT molecular complexity index is 358. The van der Waals surface area contributed by atoms with Gasteiger partial charge in [-0.2, -0.15) is 0 Å². The highest BCUT2D eigenvalue weighted by molar-refractivity contribution is 5.80. The van der Waals surface area contributed by atoms with Crippen LogP contribution in [0.3, 0.4) is 0 Å². The van der Waals surface area contributed by atoms with Crippen molar-refractivity contribution < 1.29 is 9.90 Å². The first-order valence-electron chi connectivity index (χ1n) is 4.87. The Labute approximate surface area is 83.6 Å². The highest BCUT2D eigenvalue weighted by Crippen LogP contribution is 2.64. The van der Waals surface area contributed by atoms with Gasteiger partial charge in [0, 0.05) is 5.92 Å². The van der Waals surface area contributed by atoms with E-state index < -0.39 is 11.4 Å². The molecule has 0 aromatic heterocycles. The maximum atomic E-state index is 11.1. The van der Waals surface area contributed by atoms with Gasteiger partial charge in [0.25, 0.3) is 0 Å². The maximum Gasteiger partial charge on any atom is 0.310 e. The molecule has 1 fully saturated rings. The van der Waals surface area contributed by atoms with Crippen molar-refractivity contribution in [3.05, 3.63) is 35.9 Å². The van der Waals surface area contributed by atoms with Crippen LogP contribution in [0.2, 0.25) is 0 Å². The van der Waals surface area contributed by atoms with Crippen LogP contribution >= 0.6 is 0 Å². The Morgan fingerprint density at radius 1 is 1.36 bits per heavy atom. The highest BCUT2D eigenvalue weighted by atomic mass is 16.4. The van der Waals surface area contributed by atoms with E-state index >= 15 is 0 Å². The molecule has 1 saturated carbocycles. The molecule has 0 spiro atoms. The molecule has 2 rings (SSSR count). The van der Waals surface area contributed by atoms with Crippen molar-refractivity contribution in [2.75, 3.05) is 0 Å². The van der Waals surface area contributed by atoms with Crippen LogP contribution < -0.4 is 0 Å². The second-order valence-corrected chi connectivity index (χ2v) is 4.26. The quantitative estimate of drug-likeness (QED) is 0.778. The van der Waals surface area contributed by atoms with Crippen LogP contribution in [-0.4, -0.2) is 11.1 Å². The molecule has 1 aromatic carbocycles. The second kappa shape index (κ2) is 2.84. The fraction of sp³-hybridized carbons (Fsp3) is 0.417. The van der Waals surface area contributed by atoms with Crippen molar-refractivity contribution in [3.8, 4) is 0 Å². The van der Waals surface area contributed by atoms with E-state index in [0.29, 0.717) is 0 Å². The molecule has 74 valence electrons. The van der Waals surface area contributed by atoms with Crippen LogP contribution in [0, 0.1) is 11.3 Å². The van der Waals surface area contributed by atoms with E-state index in [1.807, 2.05) is 44.2 Å². The van der Waals surface area contributed by atoms with Crippen LogP contribution in [0.15, 0.2) is 30.3 Å². The van der Waals surface area contributed by atoms with Gasteiger partial charge >= 0.3 is 5.97 Å². The van der Waals surface area contributed by atoms with Crippen molar-refractivity contribution >= 4 is 5.97 Å². The molecule has 0 amide bonds. The minimum absolute atomic E-state index is 0.182. The molecular formula is C12H14O2. The van der Waals surface area contributed by atoms with Gasteiger partial charge in [-0.1, -0.05) is 37.3 Å². The predicted octanol–water partition coefficient (Wildman–Crippen LogP) is 2.51. The zero-order valence-electron chi connectivity index (χ0n) is 8.40. The molecule has 1 aliphatic rings. The molecule has 0 radical (unpaired) electrons. The second-order valence-electron chi connectivity index (χ2n) is 4.26. The Balaban J connectivity index is 2.29. The van der Waals surface area contributed by atoms with Gasteiger partial charge in [0.05, 0.1) is 5.41 Å². The van der Waals surface area contributed by atoms with E-state index in [2.05, 4.69) is 0 Å². The van der Waals surface area contributed by atoms with E-state index in [-0.39, 0.29) is 11.8 Å². The van der Waals surface area contributed by atoms with Gasteiger partial charge in [-0.3, -0.25) is 4.79 Å². The van der Waals surface area contributed by atoms with Crippen LogP contribution in [-0.2, 0) is 4.79 Å². The number of aliphatic carboxylic acids is 1. The number of carboxylic acids is 1. The molecule has 2 nitrogen and oxygen atoms in total. The summed E-state index contributed by atoms with van der Waals surface area (Å²) in [6.07, 6.45) is 0. The summed E-state index contributed by atoms with van der Waals surface area (Å²) in [4.78, 5) is 11.1. The number of hydrogen-bond acceptors (Lipinski definition) is 1. The number of carboxylic acid groups (broad SMARTS) is 1. The first-order valence-corrected chi connectivity index (χ1v) is 4.87. The summed E-state index contributed by atoms with van der Waals surface area (Å²) in [6.45, 7) is 3.84. The average molecular weight is 190 g/mol. The summed E-state index contributed by atoms with van der Waals surface area (Å²) in [5.74, 6) is -0.262. The number of hydrogen-bond donors (Lipinski definition) is 1. The summed E-state index contributed by atoms with van der Waals surface area (Å²) < 4.78 is 0. The molecule has 1 unspecified atom stereocenters. The fourth-order valence-corrected chi connectivity index (χ4v) is 2.35. The van der Waals surface area contributed by atoms with Gasteiger partial charge in [-0.05, 0) is 18.4 Å². The lowest BCUT2D eigenvalue weighted by atomic mass is 10.0. The normalized spacial score (nSPS) is 35.3. The van der Waals surface area contributed by atoms with E-state index in [9.17, 15) is 4.79 Å². The lowest BCUT2D eigenvalue weighted by molar-refractivity contribution is -0.143. The van der Waals surface area contributed by atoms with E-state index in [0.717, 1.165) is 5.56 Å². The van der Waals surface area contributed by atoms with E-state index in [1.165, 1.54) is 0 Å². The van der Waals surface area contributed by atoms with Crippen molar-refractivity contribution in [1.29, 1.82) is 0 Å². The summed E-state index contributed by atoms with van der Waals surface area (Å²) in [7, 11) is 0. The molecule has 14 heavy (non-hydrogen) atoms. The van der Waals surface area contributed by atoms with E-state index in [1.54, 1.807) is 0 Å². The highest BCUT2D eigenvalue weighted by Gasteiger charge is 2.64. The third kappa shape index (κ3) is 1.07. The van der Waals surface area contributed by atoms with Crippen molar-refractivity contribution in [2.24, 2.45) is 11.3 Å². The number of carbonyl (C=O) groups is 1. The van der Waals surface area contributed by atoms with Gasteiger partial charge in [0.1, 0.15) is 0 Å². The van der Waals surface area contributed by atoms with E-state index in [4.69, 9.17) is 5.11 Å². The SMILES string of the molecule is CC1[C@H](c2ccccc2)[C@]1(C)C(=O)O. The maximum absolute atomic E-state index is 11.1. The van der Waals surface area contributed by atoms with Crippen molar-refractivity contribution in [3.63, 3.8) is 0 Å². The standard InChI is InChI=1S/C12H14O2/c1-8-10(12(8,2)11(13)14)9-6-4-3-5-7-9/h3-8,10H,1-2H3,(H,13,14)/t8?,10-,12-/m1/s1. The molecule has 0 saturated heterocycles. The van der Waals surface area contributed by atoms with Crippen LogP contribution in [0.4, 0.5) is 0 Å². The molecule has 0 aliphatic heterocycles. The first kappa shape index (κ1) is 9.25. The number of rotatable bonds is 2. The Morgan fingerprint density at radius 3 is 2.36 bits per heavy atom. The lowest BCUT2D eigenvalue weighted by Gasteiger charge is -2.04. The molecule has 1 aromatic rings. The summed E-state index contributed by atoms with van der Waals surface area (Å²) in [5.41, 5.74) is 0.589. The molecule has 0 heterocycles. The smallest absolute Gasteiger partial charge is 0.310 e. The fourth-order valence-electron chi connectivity index (χ4n) is 2.35. The Hall–Kier alpha value is -1.31. The molecule has 1 N–H and O–H groups in total.